The number of piperidine rings is 1. The van der Waals surface area contributed by atoms with Crippen molar-refractivity contribution in [1.29, 1.82) is 0 Å². The van der Waals surface area contributed by atoms with E-state index in [0.29, 0.717) is 29.5 Å². The van der Waals surface area contributed by atoms with Gasteiger partial charge in [0.25, 0.3) is 5.91 Å². The number of hydrogen-bond acceptors (Lipinski definition) is 6. The number of nitrogens with one attached hydrogen (secondary N) is 2. The molecule has 2 aliphatic heterocycles. The molecule has 2 amide bonds. The van der Waals surface area contributed by atoms with Gasteiger partial charge in [0.05, 0.1) is 12.8 Å². The van der Waals surface area contributed by atoms with Gasteiger partial charge in [-0.1, -0.05) is 0 Å². The Morgan fingerprint density at radius 3 is 2.70 bits per heavy atom. The van der Waals surface area contributed by atoms with Crippen molar-refractivity contribution in [2.24, 2.45) is 0 Å². The molecule has 3 heterocycles. The molecule has 0 aliphatic carbocycles. The SMILES string of the molecule is O=C(CN1CCC(NC(=O)c2ccco2)CC1)Nc1ccc2c(c1)OCO2. The second kappa shape index (κ2) is 7.71. The first kappa shape index (κ1) is 17.4. The second-order valence-corrected chi connectivity index (χ2v) is 6.62. The smallest absolute Gasteiger partial charge is 0.287 e. The van der Waals surface area contributed by atoms with Crippen LogP contribution in [0.1, 0.15) is 23.4 Å². The maximum atomic E-state index is 12.3. The second-order valence-electron chi connectivity index (χ2n) is 6.62. The zero-order chi connectivity index (χ0) is 18.6. The summed E-state index contributed by atoms with van der Waals surface area (Å²) in [5, 5.41) is 5.86. The number of ether oxygens (including phenoxy) is 2. The standard InChI is InChI=1S/C19H21N3O5/c23-18(20-14-3-4-15-17(10-14)27-12-26-15)11-22-7-5-13(6-8-22)21-19(24)16-2-1-9-25-16/h1-4,9-10,13H,5-8,11-12H2,(H,20,23)(H,21,24). The predicted molar refractivity (Wildman–Crippen MR) is 96.8 cm³/mol. The molecule has 0 saturated carbocycles. The van der Waals surface area contributed by atoms with E-state index in [2.05, 4.69) is 15.5 Å². The number of nitrogens with zero attached hydrogens (tertiary/aromatic N) is 1. The minimum Gasteiger partial charge on any atom is -0.459 e. The van der Waals surface area contributed by atoms with Crippen molar-refractivity contribution < 1.29 is 23.5 Å². The third-order valence-electron chi connectivity index (χ3n) is 4.69. The molecule has 1 fully saturated rings. The first-order valence-electron chi connectivity index (χ1n) is 8.93. The van der Waals surface area contributed by atoms with Crippen LogP contribution in [0.2, 0.25) is 0 Å². The fourth-order valence-electron chi connectivity index (χ4n) is 3.28. The zero-order valence-corrected chi connectivity index (χ0v) is 14.8. The quantitative estimate of drug-likeness (QED) is 0.833. The molecule has 2 N–H and O–H groups in total. The van der Waals surface area contributed by atoms with Crippen molar-refractivity contribution in [2.45, 2.75) is 18.9 Å². The average molecular weight is 371 g/mol. The molecule has 0 atom stereocenters. The van der Waals surface area contributed by atoms with Gasteiger partial charge in [0, 0.05) is 30.9 Å². The number of fused-ring (bicyclic) bond motifs is 1. The van der Waals surface area contributed by atoms with Crippen molar-refractivity contribution >= 4 is 17.5 Å². The summed E-state index contributed by atoms with van der Waals surface area (Å²) in [5.74, 6) is 1.37. The number of carbonyl (C=O) groups excluding carboxylic acids is 2. The minimum absolute atomic E-state index is 0.0769. The molecule has 0 radical (unpaired) electrons. The summed E-state index contributed by atoms with van der Waals surface area (Å²) in [6.07, 6.45) is 3.07. The Morgan fingerprint density at radius 1 is 1.11 bits per heavy atom. The van der Waals surface area contributed by atoms with Crippen molar-refractivity contribution in [3.05, 3.63) is 42.4 Å². The normalized spacial score (nSPS) is 16.9. The number of furan rings is 1. The van der Waals surface area contributed by atoms with E-state index in [9.17, 15) is 9.59 Å². The summed E-state index contributed by atoms with van der Waals surface area (Å²) in [6, 6.07) is 8.76. The Kier molecular flexibility index (Phi) is 4.97. The third-order valence-corrected chi connectivity index (χ3v) is 4.69. The molecule has 0 bridgehead atoms. The first-order valence-corrected chi connectivity index (χ1v) is 8.93. The number of amides is 2. The average Bonchev–Trinajstić information content (AvgIpc) is 3.34. The Morgan fingerprint density at radius 2 is 1.93 bits per heavy atom. The highest BCUT2D eigenvalue weighted by Gasteiger charge is 2.23. The van der Waals surface area contributed by atoms with Gasteiger partial charge >= 0.3 is 0 Å². The van der Waals surface area contributed by atoms with Crippen LogP contribution in [0.5, 0.6) is 11.5 Å². The van der Waals surface area contributed by atoms with Gasteiger partial charge in [-0.2, -0.15) is 0 Å². The number of anilines is 1. The molecule has 1 aromatic carbocycles. The summed E-state index contributed by atoms with van der Waals surface area (Å²) >= 11 is 0. The number of rotatable bonds is 5. The van der Waals surface area contributed by atoms with Gasteiger partial charge in [0.1, 0.15) is 0 Å². The van der Waals surface area contributed by atoms with E-state index in [0.717, 1.165) is 25.9 Å². The van der Waals surface area contributed by atoms with E-state index in [1.54, 1.807) is 30.3 Å². The van der Waals surface area contributed by atoms with Crippen LogP contribution in [0.3, 0.4) is 0 Å². The van der Waals surface area contributed by atoms with Crippen LogP contribution in [0, 0.1) is 0 Å². The predicted octanol–water partition coefficient (Wildman–Crippen LogP) is 1.84. The Labute approximate surface area is 156 Å². The molecule has 142 valence electrons. The van der Waals surface area contributed by atoms with Crippen molar-refractivity contribution in [2.75, 3.05) is 31.7 Å². The Balaban J connectivity index is 1.22. The van der Waals surface area contributed by atoms with Gasteiger partial charge in [0.15, 0.2) is 17.3 Å². The lowest BCUT2D eigenvalue weighted by Crippen LogP contribution is -2.46. The van der Waals surface area contributed by atoms with Gasteiger partial charge in [-0.05, 0) is 37.1 Å². The first-order chi connectivity index (χ1) is 13.2. The van der Waals surface area contributed by atoms with Crippen molar-refractivity contribution in [3.63, 3.8) is 0 Å². The number of carbonyl (C=O) groups is 2. The highest BCUT2D eigenvalue weighted by molar-refractivity contribution is 5.93. The lowest BCUT2D eigenvalue weighted by Gasteiger charge is -2.31. The molecule has 27 heavy (non-hydrogen) atoms. The molecule has 4 rings (SSSR count). The largest absolute Gasteiger partial charge is 0.459 e. The lowest BCUT2D eigenvalue weighted by molar-refractivity contribution is -0.117. The van der Waals surface area contributed by atoms with Gasteiger partial charge < -0.3 is 24.5 Å². The van der Waals surface area contributed by atoms with Crippen LogP contribution < -0.4 is 20.1 Å². The summed E-state index contributed by atoms with van der Waals surface area (Å²) < 4.78 is 15.7. The van der Waals surface area contributed by atoms with Gasteiger partial charge in [-0.3, -0.25) is 14.5 Å². The molecular weight excluding hydrogens is 350 g/mol. The summed E-state index contributed by atoms with van der Waals surface area (Å²) in [5.41, 5.74) is 0.685. The van der Waals surface area contributed by atoms with Crippen LogP contribution in [0.25, 0.3) is 0 Å². The molecule has 2 aromatic rings. The van der Waals surface area contributed by atoms with Crippen LogP contribution in [0.15, 0.2) is 41.0 Å². The van der Waals surface area contributed by atoms with Crippen LogP contribution in [0.4, 0.5) is 5.69 Å². The number of likely N-dealkylation sites (tertiary alicyclic amines) is 1. The molecule has 8 heteroatoms. The summed E-state index contributed by atoms with van der Waals surface area (Å²) in [6.45, 7) is 2.01. The van der Waals surface area contributed by atoms with E-state index < -0.39 is 0 Å². The van der Waals surface area contributed by atoms with E-state index in [1.165, 1.54) is 6.26 Å². The van der Waals surface area contributed by atoms with Crippen LogP contribution in [-0.2, 0) is 4.79 Å². The van der Waals surface area contributed by atoms with Gasteiger partial charge in [-0.15, -0.1) is 0 Å². The highest BCUT2D eigenvalue weighted by atomic mass is 16.7. The molecule has 1 saturated heterocycles. The summed E-state index contributed by atoms with van der Waals surface area (Å²) in [7, 11) is 0. The molecule has 1 aromatic heterocycles. The van der Waals surface area contributed by atoms with Crippen LogP contribution >= 0.6 is 0 Å². The Hall–Kier alpha value is -3.00. The number of hydrogen-bond donors (Lipinski definition) is 2. The number of benzene rings is 1. The fraction of sp³-hybridized carbons (Fsp3) is 0.368. The maximum Gasteiger partial charge on any atom is 0.287 e. The van der Waals surface area contributed by atoms with Gasteiger partial charge in [0.2, 0.25) is 12.7 Å². The van der Waals surface area contributed by atoms with E-state index in [-0.39, 0.29) is 24.6 Å². The van der Waals surface area contributed by atoms with Crippen LogP contribution in [-0.4, -0.2) is 49.2 Å². The molecular formula is C19H21N3O5. The zero-order valence-electron chi connectivity index (χ0n) is 14.8. The highest BCUT2D eigenvalue weighted by Crippen LogP contribution is 2.34. The van der Waals surface area contributed by atoms with Crippen molar-refractivity contribution in [1.82, 2.24) is 10.2 Å². The maximum absolute atomic E-state index is 12.3. The topological polar surface area (TPSA) is 93.0 Å². The van der Waals surface area contributed by atoms with E-state index >= 15 is 0 Å². The van der Waals surface area contributed by atoms with Gasteiger partial charge in [-0.25, -0.2) is 0 Å². The molecule has 0 spiro atoms. The molecule has 2 aliphatic rings. The third kappa shape index (κ3) is 4.22. The molecule has 8 nitrogen and oxygen atoms in total. The van der Waals surface area contributed by atoms with E-state index in [4.69, 9.17) is 13.9 Å². The fourth-order valence-corrected chi connectivity index (χ4v) is 3.28. The Bertz CT molecular complexity index is 813. The lowest BCUT2D eigenvalue weighted by atomic mass is 10.0. The minimum atomic E-state index is -0.195. The van der Waals surface area contributed by atoms with Crippen molar-refractivity contribution in [3.8, 4) is 11.5 Å². The van der Waals surface area contributed by atoms with E-state index in [1.807, 2.05) is 0 Å². The summed E-state index contributed by atoms with van der Waals surface area (Å²) in [4.78, 5) is 26.4. The monoisotopic (exact) mass is 371 g/mol. The molecule has 0 unspecified atom stereocenters.